The van der Waals surface area contributed by atoms with Crippen LogP contribution in [-0.2, 0) is 38.9 Å². The smallest absolute Gasteiger partial charge is 0.476 e. The molecule has 0 radical (unpaired) electrons. The minimum absolute atomic E-state index is 0.0505. The van der Waals surface area contributed by atoms with Crippen LogP contribution in [0.4, 0.5) is 10.7 Å². The molecule has 1 aromatic carbocycles. The molecule has 2 aromatic heterocycles. The van der Waals surface area contributed by atoms with Gasteiger partial charge in [0.05, 0.1) is 38.8 Å². The first kappa shape index (κ1) is 30.6. The number of aromatic nitrogens is 4. The van der Waals surface area contributed by atoms with Gasteiger partial charge in [-0.25, -0.2) is 14.3 Å². The SMILES string of the molecule is C[C@@]12OC(=O)O[C@@H]1C(COP1(=O)OCC[C@@H](c3cccc(Cl)c3)O1)O[C@H]2Cn1cnc2c(OCC3CCCCC3)nc(N)nc21. The number of rotatable bonds is 9. The minimum Gasteiger partial charge on any atom is -0.476 e. The van der Waals surface area contributed by atoms with Crippen LogP contribution >= 0.6 is 19.4 Å². The summed E-state index contributed by atoms with van der Waals surface area (Å²) in [6.07, 6.45) is 4.22. The van der Waals surface area contributed by atoms with Crippen molar-refractivity contribution in [3.63, 3.8) is 0 Å². The Hall–Kier alpha value is -3.00. The number of anilines is 1. The molecule has 3 saturated heterocycles. The lowest BCUT2D eigenvalue weighted by Gasteiger charge is -2.30. The van der Waals surface area contributed by atoms with Gasteiger partial charge in [0.1, 0.15) is 12.2 Å². The number of nitrogens with two attached hydrogens (primary N) is 1. The van der Waals surface area contributed by atoms with Crippen molar-refractivity contribution in [2.24, 2.45) is 5.92 Å². The summed E-state index contributed by atoms with van der Waals surface area (Å²) in [6.45, 7) is 2.35. The third-order valence-corrected chi connectivity index (χ3v) is 10.6. The normalized spacial score (nSPS) is 31.9. The molecular formula is C29H35ClN5O9P. The standard InChI is InChI=1S/C29H35ClN5O9P/c1-29-22(13-35-16-32-23-25(35)33-27(31)34-26(23)38-14-17-6-3-2-4-7-17)41-21(24(29)42-28(36)43-29)15-40-45(37)39-11-10-20(44-45)18-8-5-9-19(30)12-18/h5,8-9,12,16-17,20-22,24H,2-4,6-7,10-11,13-15H2,1H3,(H2,31,33,34)/t20-,21?,22-,24+,29-,45?/m0/s1. The van der Waals surface area contributed by atoms with Crippen molar-refractivity contribution in [1.29, 1.82) is 0 Å². The van der Waals surface area contributed by atoms with Crippen LogP contribution in [-0.4, -0.2) is 69.4 Å². The van der Waals surface area contributed by atoms with Gasteiger partial charge in [-0.2, -0.15) is 9.97 Å². The van der Waals surface area contributed by atoms with Gasteiger partial charge in [-0.1, -0.05) is 43.0 Å². The summed E-state index contributed by atoms with van der Waals surface area (Å²) in [5.74, 6) is 0.845. The van der Waals surface area contributed by atoms with Gasteiger partial charge >= 0.3 is 14.0 Å². The molecule has 16 heteroatoms. The Morgan fingerprint density at radius 1 is 1.18 bits per heavy atom. The first-order valence-corrected chi connectivity index (χ1v) is 17.0. The predicted molar refractivity (Wildman–Crippen MR) is 160 cm³/mol. The lowest BCUT2D eigenvalue weighted by molar-refractivity contribution is -0.0664. The van der Waals surface area contributed by atoms with Crippen LogP contribution in [0, 0.1) is 5.92 Å². The van der Waals surface area contributed by atoms with E-state index in [-0.39, 0.29) is 25.7 Å². The number of fused-ring (bicyclic) bond motifs is 2. The van der Waals surface area contributed by atoms with Crippen LogP contribution in [0.15, 0.2) is 30.6 Å². The van der Waals surface area contributed by atoms with Crippen LogP contribution in [0.1, 0.15) is 57.1 Å². The Balaban J connectivity index is 1.06. The molecule has 3 aliphatic heterocycles. The number of carbonyl (C=O) groups excluding carboxylic acids is 1. The highest BCUT2D eigenvalue weighted by Gasteiger charge is 2.63. The Bertz CT molecular complexity index is 1620. The quantitative estimate of drug-likeness (QED) is 0.229. The number of hydrogen-bond donors (Lipinski definition) is 1. The molecule has 7 rings (SSSR count). The van der Waals surface area contributed by atoms with E-state index >= 15 is 0 Å². The molecule has 242 valence electrons. The fraction of sp³-hybridized carbons (Fsp3) is 0.586. The second kappa shape index (κ2) is 12.3. The lowest BCUT2D eigenvalue weighted by atomic mass is 9.90. The highest BCUT2D eigenvalue weighted by Crippen LogP contribution is 2.57. The highest BCUT2D eigenvalue weighted by atomic mass is 35.5. The molecule has 4 fully saturated rings. The fourth-order valence-electron chi connectivity index (χ4n) is 6.52. The van der Waals surface area contributed by atoms with Crippen molar-refractivity contribution in [2.75, 3.05) is 25.6 Å². The van der Waals surface area contributed by atoms with Gasteiger partial charge in [0.2, 0.25) is 11.8 Å². The van der Waals surface area contributed by atoms with Gasteiger partial charge in [0.25, 0.3) is 0 Å². The second-order valence-electron chi connectivity index (χ2n) is 12.0. The molecular weight excluding hydrogens is 629 g/mol. The van der Waals surface area contributed by atoms with Crippen LogP contribution < -0.4 is 10.5 Å². The number of halogens is 1. The number of imidazole rings is 1. The van der Waals surface area contributed by atoms with Crippen molar-refractivity contribution in [3.8, 4) is 5.88 Å². The highest BCUT2D eigenvalue weighted by molar-refractivity contribution is 7.48. The zero-order chi connectivity index (χ0) is 31.2. The summed E-state index contributed by atoms with van der Waals surface area (Å²) in [5, 5.41) is 0.536. The van der Waals surface area contributed by atoms with E-state index < -0.39 is 44.0 Å². The number of phosphoric acid groups is 1. The van der Waals surface area contributed by atoms with Gasteiger partial charge in [-0.05, 0) is 43.4 Å². The van der Waals surface area contributed by atoms with E-state index in [0.717, 1.165) is 18.4 Å². The monoisotopic (exact) mass is 663 g/mol. The number of hydrogen-bond acceptors (Lipinski definition) is 13. The third-order valence-electron chi connectivity index (χ3n) is 8.90. The van der Waals surface area contributed by atoms with E-state index in [1.54, 1.807) is 36.0 Å². The molecule has 45 heavy (non-hydrogen) atoms. The van der Waals surface area contributed by atoms with Crippen molar-refractivity contribution >= 4 is 42.7 Å². The van der Waals surface area contributed by atoms with E-state index in [0.29, 0.717) is 41.0 Å². The molecule has 5 heterocycles. The average Bonchev–Trinajstić information content (AvgIpc) is 3.64. The number of ether oxygens (including phenoxy) is 4. The maximum atomic E-state index is 13.5. The summed E-state index contributed by atoms with van der Waals surface area (Å²) in [6, 6.07) is 7.12. The Morgan fingerprint density at radius 3 is 2.84 bits per heavy atom. The van der Waals surface area contributed by atoms with Gasteiger partial charge in [0.15, 0.2) is 22.9 Å². The molecule has 1 aliphatic carbocycles. The van der Waals surface area contributed by atoms with Crippen LogP contribution in [0.25, 0.3) is 11.2 Å². The van der Waals surface area contributed by atoms with E-state index in [1.165, 1.54) is 19.3 Å². The largest absolute Gasteiger partial charge is 0.509 e. The number of phosphoric ester groups is 1. The number of nitrogens with zero attached hydrogens (tertiary/aromatic N) is 4. The Kier molecular flexibility index (Phi) is 8.38. The molecule has 1 saturated carbocycles. The Morgan fingerprint density at radius 2 is 2.02 bits per heavy atom. The van der Waals surface area contributed by atoms with Crippen molar-refractivity contribution in [3.05, 3.63) is 41.2 Å². The molecule has 14 nitrogen and oxygen atoms in total. The molecule has 2 N–H and O–H groups in total. The lowest BCUT2D eigenvalue weighted by Crippen LogP contribution is -2.45. The van der Waals surface area contributed by atoms with Crippen molar-refractivity contribution in [2.45, 2.75) is 82.0 Å². The number of carbonyl (C=O) groups is 1. The Labute approximate surface area is 264 Å². The molecule has 3 aromatic rings. The molecule has 0 spiro atoms. The predicted octanol–water partition coefficient (Wildman–Crippen LogP) is 5.39. The number of nitrogen functional groups attached to an aromatic ring is 1. The summed E-state index contributed by atoms with van der Waals surface area (Å²) in [5.41, 5.74) is 6.56. The van der Waals surface area contributed by atoms with Crippen LogP contribution in [0.5, 0.6) is 5.88 Å². The topological polar surface area (TPSA) is 168 Å². The van der Waals surface area contributed by atoms with E-state index in [1.807, 2.05) is 6.07 Å². The third kappa shape index (κ3) is 6.24. The molecule has 0 bridgehead atoms. The summed E-state index contributed by atoms with van der Waals surface area (Å²) in [4.78, 5) is 25.5. The minimum atomic E-state index is -3.98. The molecule has 2 unspecified atom stereocenters. The van der Waals surface area contributed by atoms with Gasteiger partial charge in [0, 0.05) is 11.4 Å². The first-order valence-electron chi connectivity index (χ1n) is 15.2. The summed E-state index contributed by atoms with van der Waals surface area (Å²) < 4.78 is 55.7. The number of benzene rings is 1. The van der Waals surface area contributed by atoms with Crippen molar-refractivity contribution in [1.82, 2.24) is 19.5 Å². The van der Waals surface area contributed by atoms with Gasteiger partial charge in [-0.15, -0.1) is 0 Å². The van der Waals surface area contributed by atoms with Gasteiger partial charge in [-0.3, -0.25) is 13.6 Å². The maximum Gasteiger partial charge on any atom is 0.509 e. The zero-order valence-corrected chi connectivity index (χ0v) is 26.4. The van der Waals surface area contributed by atoms with Crippen molar-refractivity contribution < 1.29 is 41.9 Å². The van der Waals surface area contributed by atoms with Crippen LogP contribution in [0.3, 0.4) is 0 Å². The molecule has 6 atom stereocenters. The second-order valence-corrected chi connectivity index (χ2v) is 14.1. The van der Waals surface area contributed by atoms with E-state index in [2.05, 4.69) is 15.0 Å². The summed E-state index contributed by atoms with van der Waals surface area (Å²) >= 11 is 6.13. The zero-order valence-electron chi connectivity index (χ0n) is 24.7. The van der Waals surface area contributed by atoms with Gasteiger partial charge < -0.3 is 29.2 Å². The summed E-state index contributed by atoms with van der Waals surface area (Å²) in [7, 11) is -3.98. The molecule has 0 amide bonds. The van der Waals surface area contributed by atoms with E-state index in [9.17, 15) is 9.36 Å². The fourth-order valence-corrected chi connectivity index (χ4v) is 8.11. The van der Waals surface area contributed by atoms with E-state index in [4.69, 9.17) is 49.9 Å². The first-order chi connectivity index (χ1) is 21.7. The molecule has 4 aliphatic rings. The average molecular weight is 664 g/mol. The van der Waals surface area contributed by atoms with Crippen LogP contribution in [0.2, 0.25) is 5.02 Å². The maximum absolute atomic E-state index is 13.5.